The third kappa shape index (κ3) is 2.06. The zero-order valence-electron chi connectivity index (χ0n) is 10.9. The molecule has 100 valence electrons. The summed E-state index contributed by atoms with van der Waals surface area (Å²) >= 11 is 0. The standard InChI is InChI=1S/C13H22N4O/c1-17-7-3-11(16-17)12(15-14)10-4-8-18-13(9-10)5-2-6-13/h3,7,10,12,15H,2,4-6,8-9,14H2,1H3. The second-order valence-electron chi connectivity index (χ2n) is 5.70. The maximum absolute atomic E-state index is 5.97. The fourth-order valence-corrected chi connectivity index (χ4v) is 3.33. The summed E-state index contributed by atoms with van der Waals surface area (Å²) in [6, 6.07) is 2.19. The van der Waals surface area contributed by atoms with Gasteiger partial charge in [-0.05, 0) is 44.1 Å². The quantitative estimate of drug-likeness (QED) is 0.626. The van der Waals surface area contributed by atoms with Crippen molar-refractivity contribution in [3.63, 3.8) is 0 Å². The largest absolute Gasteiger partial charge is 0.375 e. The lowest BCUT2D eigenvalue weighted by Gasteiger charge is -2.48. The summed E-state index contributed by atoms with van der Waals surface area (Å²) in [5.41, 5.74) is 4.16. The molecule has 2 heterocycles. The molecule has 2 atom stereocenters. The average molecular weight is 250 g/mol. The average Bonchev–Trinajstić information content (AvgIpc) is 2.75. The Morgan fingerprint density at radius 1 is 1.61 bits per heavy atom. The molecule has 1 spiro atoms. The Hall–Kier alpha value is -0.910. The second kappa shape index (κ2) is 4.64. The van der Waals surface area contributed by atoms with Crippen LogP contribution >= 0.6 is 0 Å². The van der Waals surface area contributed by atoms with Gasteiger partial charge in [0.2, 0.25) is 0 Å². The van der Waals surface area contributed by atoms with Gasteiger partial charge in [0.15, 0.2) is 0 Å². The molecule has 5 heteroatoms. The van der Waals surface area contributed by atoms with Crippen molar-refractivity contribution in [3.8, 4) is 0 Å². The molecule has 2 fully saturated rings. The number of rotatable bonds is 3. The number of hydrogen-bond donors (Lipinski definition) is 2. The SMILES string of the molecule is Cn1ccc(C(NN)C2CCOC3(CCC3)C2)n1. The summed E-state index contributed by atoms with van der Waals surface area (Å²) in [6.45, 7) is 0.857. The van der Waals surface area contributed by atoms with Crippen molar-refractivity contribution in [1.29, 1.82) is 0 Å². The van der Waals surface area contributed by atoms with Crippen molar-refractivity contribution in [2.75, 3.05) is 6.61 Å². The molecule has 0 bridgehead atoms. The van der Waals surface area contributed by atoms with Crippen LogP contribution in [0, 0.1) is 5.92 Å². The van der Waals surface area contributed by atoms with E-state index in [1.165, 1.54) is 19.3 Å². The smallest absolute Gasteiger partial charge is 0.0810 e. The summed E-state index contributed by atoms with van der Waals surface area (Å²) in [7, 11) is 1.94. The minimum atomic E-state index is 0.146. The van der Waals surface area contributed by atoms with Crippen molar-refractivity contribution in [2.45, 2.75) is 43.7 Å². The van der Waals surface area contributed by atoms with Crippen LogP contribution in [0.5, 0.6) is 0 Å². The Balaban J connectivity index is 1.75. The summed E-state index contributed by atoms with van der Waals surface area (Å²) in [5, 5.41) is 4.48. The molecular weight excluding hydrogens is 228 g/mol. The van der Waals surface area contributed by atoms with Crippen LogP contribution in [-0.2, 0) is 11.8 Å². The molecule has 0 radical (unpaired) electrons. The van der Waals surface area contributed by atoms with Crippen LogP contribution in [0.4, 0.5) is 0 Å². The number of hydrazine groups is 1. The molecule has 1 saturated heterocycles. The van der Waals surface area contributed by atoms with Crippen molar-refractivity contribution < 1.29 is 4.74 Å². The van der Waals surface area contributed by atoms with Gasteiger partial charge in [-0.2, -0.15) is 5.10 Å². The lowest BCUT2D eigenvalue weighted by Crippen LogP contribution is -2.48. The van der Waals surface area contributed by atoms with Crippen LogP contribution in [0.1, 0.15) is 43.8 Å². The van der Waals surface area contributed by atoms with Gasteiger partial charge in [-0.25, -0.2) is 0 Å². The predicted molar refractivity (Wildman–Crippen MR) is 68.5 cm³/mol. The fraction of sp³-hybridized carbons (Fsp3) is 0.769. The van der Waals surface area contributed by atoms with E-state index < -0.39 is 0 Å². The van der Waals surface area contributed by atoms with E-state index in [4.69, 9.17) is 10.6 Å². The van der Waals surface area contributed by atoms with Crippen molar-refractivity contribution in [1.82, 2.24) is 15.2 Å². The Labute approximate surface area is 108 Å². The van der Waals surface area contributed by atoms with Gasteiger partial charge in [-0.3, -0.25) is 16.0 Å². The molecule has 1 aliphatic carbocycles. The highest BCUT2D eigenvalue weighted by molar-refractivity contribution is 5.09. The molecule has 1 saturated carbocycles. The van der Waals surface area contributed by atoms with Crippen LogP contribution in [0.15, 0.2) is 12.3 Å². The van der Waals surface area contributed by atoms with Crippen molar-refractivity contribution in [3.05, 3.63) is 18.0 Å². The lowest BCUT2D eigenvalue weighted by molar-refractivity contribution is -0.147. The maximum Gasteiger partial charge on any atom is 0.0810 e. The molecule has 1 aromatic rings. The molecule has 0 amide bonds. The number of nitrogens with two attached hydrogens (primary N) is 1. The highest BCUT2D eigenvalue weighted by Gasteiger charge is 2.44. The number of hydrogen-bond acceptors (Lipinski definition) is 4. The summed E-state index contributed by atoms with van der Waals surface area (Å²) in [4.78, 5) is 0. The highest BCUT2D eigenvalue weighted by atomic mass is 16.5. The van der Waals surface area contributed by atoms with Gasteiger partial charge in [0.25, 0.3) is 0 Å². The normalized spacial score (nSPS) is 28.0. The third-order valence-corrected chi connectivity index (χ3v) is 4.50. The minimum Gasteiger partial charge on any atom is -0.375 e. The number of aryl methyl sites for hydroxylation is 1. The van der Waals surface area contributed by atoms with Crippen LogP contribution in [-0.4, -0.2) is 22.0 Å². The molecule has 18 heavy (non-hydrogen) atoms. The monoisotopic (exact) mass is 250 g/mol. The molecule has 3 N–H and O–H groups in total. The molecule has 2 unspecified atom stereocenters. The molecule has 2 aliphatic rings. The molecule has 3 rings (SSSR count). The minimum absolute atomic E-state index is 0.146. The van der Waals surface area contributed by atoms with Crippen LogP contribution < -0.4 is 11.3 Å². The van der Waals surface area contributed by atoms with Gasteiger partial charge in [-0.15, -0.1) is 0 Å². The van der Waals surface area contributed by atoms with Crippen molar-refractivity contribution >= 4 is 0 Å². The van der Waals surface area contributed by atoms with Gasteiger partial charge in [0, 0.05) is 19.9 Å². The number of nitrogens with zero attached hydrogens (tertiary/aromatic N) is 2. The third-order valence-electron chi connectivity index (χ3n) is 4.50. The molecule has 1 aliphatic heterocycles. The molecule has 1 aromatic heterocycles. The van der Waals surface area contributed by atoms with Crippen LogP contribution in [0.3, 0.4) is 0 Å². The van der Waals surface area contributed by atoms with E-state index in [1.807, 2.05) is 24.0 Å². The van der Waals surface area contributed by atoms with Crippen LogP contribution in [0.25, 0.3) is 0 Å². The van der Waals surface area contributed by atoms with Gasteiger partial charge in [0.05, 0.1) is 17.3 Å². The first-order chi connectivity index (χ1) is 8.72. The first kappa shape index (κ1) is 12.1. The Bertz CT molecular complexity index is 413. The van der Waals surface area contributed by atoms with Crippen LogP contribution in [0.2, 0.25) is 0 Å². The summed E-state index contributed by atoms with van der Waals surface area (Å²) in [5.74, 6) is 6.28. The predicted octanol–water partition coefficient (Wildman–Crippen LogP) is 1.27. The zero-order valence-corrected chi connectivity index (χ0v) is 10.9. The Morgan fingerprint density at radius 2 is 2.44 bits per heavy atom. The van der Waals surface area contributed by atoms with E-state index in [0.29, 0.717) is 5.92 Å². The van der Waals surface area contributed by atoms with E-state index >= 15 is 0 Å². The van der Waals surface area contributed by atoms with Gasteiger partial charge < -0.3 is 4.74 Å². The van der Waals surface area contributed by atoms with Gasteiger partial charge in [-0.1, -0.05) is 0 Å². The first-order valence-corrected chi connectivity index (χ1v) is 6.82. The highest BCUT2D eigenvalue weighted by Crippen LogP contribution is 2.46. The maximum atomic E-state index is 5.97. The van der Waals surface area contributed by atoms with E-state index in [2.05, 4.69) is 10.5 Å². The molecular formula is C13H22N4O. The lowest BCUT2D eigenvalue weighted by atomic mass is 9.70. The van der Waals surface area contributed by atoms with E-state index in [0.717, 1.165) is 25.1 Å². The zero-order chi connectivity index (χ0) is 12.6. The fourth-order valence-electron chi connectivity index (χ4n) is 3.33. The summed E-state index contributed by atoms with van der Waals surface area (Å²) < 4.78 is 7.80. The Morgan fingerprint density at radius 3 is 3.00 bits per heavy atom. The van der Waals surface area contributed by atoms with Crippen molar-refractivity contribution in [2.24, 2.45) is 18.8 Å². The number of ether oxygens (including phenoxy) is 1. The summed E-state index contributed by atoms with van der Waals surface area (Å²) in [6.07, 6.45) is 7.87. The van der Waals surface area contributed by atoms with Gasteiger partial charge in [0.1, 0.15) is 0 Å². The topological polar surface area (TPSA) is 65.1 Å². The molecule has 5 nitrogen and oxygen atoms in total. The number of aromatic nitrogens is 2. The molecule has 0 aromatic carbocycles. The van der Waals surface area contributed by atoms with E-state index in [-0.39, 0.29) is 11.6 Å². The van der Waals surface area contributed by atoms with E-state index in [9.17, 15) is 0 Å². The van der Waals surface area contributed by atoms with Gasteiger partial charge >= 0.3 is 0 Å². The number of nitrogens with one attached hydrogen (secondary N) is 1. The Kier molecular flexibility index (Phi) is 3.13. The first-order valence-electron chi connectivity index (χ1n) is 6.82. The second-order valence-corrected chi connectivity index (χ2v) is 5.70. The van der Waals surface area contributed by atoms with E-state index in [1.54, 1.807) is 0 Å².